The summed E-state index contributed by atoms with van der Waals surface area (Å²) >= 11 is 0. The Morgan fingerprint density at radius 3 is 2.62 bits per heavy atom. The summed E-state index contributed by atoms with van der Waals surface area (Å²) in [6.07, 6.45) is 5.30. The Balaban J connectivity index is 1.63. The van der Waals surface area contributed by atoms with E-state index in [-0.39, 0.29) is 5.91 Å². The third-order valence-electron chi connectivity index (χ3n) is 3.63. The van der Waals surface area contributed by atoms with E-state index in [1.165, 1.54) is 6.92 Å². The summed E-state index contributed by atoms with van der Waals surface area (Å²) in [5.41, 5.74) is 3.65. The third-order valence-corrected chi connectivity index (χ3v) is 3.63. The summed E-state index contributed by atoms with van der Waals surface area (Å²) in [7, 11) is 1.86. The molecule has 0 aliphatic heterocycles. The van der Waals surface area contributed by atoms with Crippen LogP contribution in [0.1, 0.15) is 6.92 Å². The van der Waals surface area contributed by atoms with Gasteiger partial charge in [0, 0.05) is 50.7 Å². The summed E-state index contributed by atoms with van der Waals surface area (Å²) < 4.78 is 1.71. The Labute approximate surface area is 151 Å². The predicted molar refractivity (Wildman–Crippen MR) is 101 cm³/mol. The topological polar surface area (TPSA) is 96.8 Å². The van der Waals surface area contributed by atoms with Crippen molar-refractivity contribution in [1.29, 1.82) is 0 Å². The number of carbonyl (C=O) groups excluding carboxylic acids is 1. The highest BCUT2D eigenvalue weighted by Gasteiger charge is 2.04. The highest BCUT2D eigenvalue weighted by molar-refractivity contribution is 5.72. The van der Waals surface area contributed by atoms with E-state index in [1.54, 1.807) is 17.1 Å². The first-order valence-corrected chi connectivity index (χ1v) is 8.27. The molecule has 134 valence electrons. The number of anilines is 3. The van der Waals surface area contributed by atoms with Gasteiger partial charge in [-0.3, -0.25) is 9.48 Å². The molecule has 0 radical (unpaired) electrons. The van der Waals surface area contributed by atoms with E-state index < -0.39 is 0 Å². The number of aromatic nitrogens is 4. The van der Waals surface area contributed by atoms with Crippen molar-refractivity contribution >= 4 is 23.2 Å². The second kappa shape index (κ2) is 8.11. The molecule has 3 N–H and O–H groups in total. The monoisotopic (exact) mass is 351 g/mol. The van der Waals surface area contributed by atoms with E-state index in [9.17, 15) is 4.79 Å². The molecule has 26 heavy (non-hydrogen) atoms. The van der Waals surface area contributed by atoms with Gasteiger partial charge < -0.3 is 16.0 Å². The first-order chi connectivity index (χ1) is 12.6. The average molecular weight is 351 g/mol. The van der Waals surface area contributed by atoms with Crippen LogP contribution in [0, 0.1) is 0 Å². The van der Waals surface area contributed by atoms with Crippen LogP contribution in [-0.2, 0) is 11.8 Å². The summed E-state index contributed by atoms with van der Waals surface area (Å²) in [5.74, 6) is 0.495. The fourth-order valence-electron chi connectivity index (χ4n) is 2.40. The Hall–Kier alpha value is -3.42. The second-order valence-corrected chi connectivity index (χ2v) is 5.78. The molecule has 0 atom stereocenters. The number of carbonyl (C=O) groups is 1. The fourth-order valence-corrected chi connectivity index (χ4v) is 2.40. The lowest BCUT2D eigenvalue weighted by molar-refractivity contribution is -0.118. The number of hydrogen-bond acceptors (Lipinski definition) is 6. The van der Waals surface area contributed by atoms with Crippen molar-refractivity contribution in [1.82, 2.24) is 25.1 Å². The number of nitrogens with zero attached hydrogens (tertiary/aromatic N) is 4. The average Bonchev–Trinajstić information content (AvgIpc) is 3.04. The molecule has 0 aliphatic carbocycles. The minimum atomic E-state index is -0.0263. The Bertz CT molecular complexity index is 873. The van der Waals surface area contributed by atoms with Crippen molar-refractivity contribution < 1.29 is 4.79 Å². The Kier molecular flexibility index (Phi) is 5.43. The van der Waals surface area contributed by atoms with E-state index in [0.717, 1.165) is 22.6 Å². The van der Waals surface area contributed by atoms with Crippen LogP contribution in [0.2, 0.25) is 0 Å². The summed E-state index contributed by atoms with van der Waals surface area (Å²) in [5, 5.41) is 13.3. The standard InChI is InChI=1S/C18H21N7O/c1-13(26)19-9-10-20-15-5-3-14(4-6-15)17-7-8-21-18(24-17)23-16-11-22-25(2)12-16/h3-8,11-12,20H,9-10H2,1-2H3,(H,19,26)(H,21,23,24). The zero-order valence-electron chi connectivity index (χ0n) is 14.7. The minimum absolute atomic E-state index is 0.0263. The van der Waals surface area contributed by atoms with Gasteiger partial charge in [-0.05, 0) is 18.2 Å². The van der Waals surface area contributed by atoms with Gasteiger partial charge in [0.25, 0.3) is 0 Å². The molecule has 0 saturated carbocycles. The van der Waals surface area contributed by atoms with Gasteiger partial charge in [-0.15, -0.1) is 0 Å². The first-order valence-electron chi connectivity index (χ1n) is 8.27. The van der Waals surface area contributed by atoms with Crippen LogP contribution in [0.4, 0.5) is 17.3 Å². The van der Waals surface area contributed by atoms with Gasteiger partial charge in [0.2, 0.25) is 11.9 Å². The molecule has 3 rings (SSSR count). The molecule has 8 heteroatoms. The largest absolute Gasteiger partial charge is 0.383 e. The molecule has 2 aromatic heterocycles. The van der Waals surface area contributed by atoms with Crippen LogP contribution in [-0.4, -0.2) is 38.7 Å². The zero-order chi connectivity index (χ0) is 18.4. The van der Waals surface area contributed by atoms with E-state index in [0.29, 0.717) is 19.0 Å². The number of hydrogen-bond donors (Lipinski definition) is 3. The van der Waals surface area contributed by atoms with Gasteiger partial charge in [-0.2, -0.15) is 5.10 Å². The van der Waals surface area contributed by atoms with Gasteiger partial charge >= 0.3 is 0 Å². The highest BCUT2D eigenvalue weighted by atomic mass is 16.1. The van der Waals surface area contributed by atoms with Crippen LogP contribution in [0.5, 0.6) is 0 Å². The van der Waals surface area contributed by atoms with Crippen molar-refractivity contribution in [2.75, 3.05) is 23.7 Å². The van der Waals surface area contributed by atoms with Crippen LogP contribution in [0.15, 0.2) is 48.9 Å². The normalized spacial score (nSPS) is 10.4. The molecular weight excluding hydrogens is 330 g/mol. The van der Waals surface area contributed by atoms with Crippen LogP contribution >= 0.6 is 0 Å². The lowest BCUT2D eigenvalue weighted by atomic mass is 10.1. The quantitative estimate of drug-likeness (QED) is 0.565. The van der Waals surface area contributed by atoms with Crippen LogP contribution in [0.3, 0.4) is 0 Å². The maximum atomic E-state index is 10.8. The van der Waals surface area contributed by atoms with E-state index in [2.05, 4.69) is 31.0 Å². The van der Waals surface area contributed by atoms with Crippen molar-refractivity contribution in [2.45, 2.75) is 6.92 Å². The molecule has 0 fully saturated rings. The lowest BCUT2D eigenvalue weighted by Crippen LogP contribution is -2.26. The molecule has 2 heterocycles. The minimum Gasteiger partial charge on any atom is -0.383 e. The molecule has 3 aromatic rings. The fraction of sp³-hybridized carbons (Fsp3) is 0.222. The van der Waals surface area contributed by atoms with Gasteiger partial charge in [0.1, 0.15) is 0 Å². The molecule has 0 bridgehead atoms. The second-order valence-electron chi connectivity index (χ2n) is 5.78. The number of aryl methyl sites for hydroxylation is 1. The maximum Gasteiger partial charge on any atom is 0.227 e. The summed E-state index contributed by atoms with van der Waals surface area (Å²) in [6.45, 7) is 2.77. The van der Waals surface area contributed by atoms with E-state index >= 15 is 0 Å². The van der Waals surface area contributed by atoms with E-state index in [1.807, 2.05) is 43.6 Å². The molecule has 0 unspecified atom stereocenters. The Morgan fingerprint density at radius 2 is 1.92 bits per heavy atom. The van der Waals surface area contributed by atoms with Gasteiger partial charge in [-0.25, -0.2) is 9.97 Å². The molecule has 0 spiro atoms. The Morgan fingerprint density at radius 1 is 1.12 bits per heavy atom. The number of rotatable bonds is 7. The van der Waals surface area contributed by atoms with Crippen molar-refractivity contribution in [3.8, 4) is 11.3 Å². The van der Waals surface area contributed by atoms with Crippen LogP contribution < -0.4 is 16.0 Å². The van der Waals surface area contributed by atoms with Crippen LogP contribution in [0.25, 0.3) is 11.3 Å². The predicted octanol–water partition coefficient (Wildman–Crippen LogP) is 2.17. The molecule has 0 saturated heterocycles. The van der Waals surface area contributed by atoms with Crippen molar-refractivity contribution in [3.05, 3.63) is 48.9 Å². The third kappa shape index (κ3) is 4.79. The molecular formula is C18H21N7O. The lowest BCUT2D eigenvalue weighted by Gasteiger charge is -2.08. The van der Waals surface area contributed by atoms with Crippen molar-refractivity contribution in [2.24, 2.45) is 7.05 Å². The van der Waals surface area contributed by atoms with Gasteiger partial charge in [0.05, 0.1) is 17.6 Å². The zero-order valence-corrected chi connectivity index (χ0v) is 14.7. The number of benzene rings is 1. The van der Waals surface area contributed by atoms with E-state index in [4.69, 9.17) is 0 Å². The smallest absolute Gasteiger partial charge is 0.227 e. The maximum absolute atomic E-state index is 10.8. The molecule has 8 nitrogen and oxygen atoms in total. The SMILES string of the molecule is CC(=O)NCCNc1ccc(-c2ccnc(Nc3cnn(C)c3)n2)cc1. The summed E-state index contributed by atoms with van der Waals surface area (Å²) in [6, 6.07) is 9.83. The number of amides is 1. The van der Waals surface area contributed by atoms with Crippen molar-refractivity contribution in [3.63, 3.8) is 0 Å². The van der Waals surface area contributed by atoms with Gasteiger partial charge in [0.15, 0.2) is 0 Å². The summed E-state index contributed by atoms with van der Waals surface area (Å²) in [4.78, 5) is 19.6. The first kappa shape index (κ1) is 17.4. The number of nitrogens with one attached hydrogen (secondary N) is 3. The molecule has 0 aliphatic rings. The highest BCUT2D eigenvalue weighted by Crippen LogP contribution is 2.21. The van der Waals surface area contributed by atoms with Gasteiger partial charge in [-0.1, -0.05) is 12.1 Å². The molecule has 1 aromatic carbocycles. The molecule has 1 amide bonds.